The van der Waals surface area contributed by atoms with E-state index in [1.54, 1.807) is 7.11 Å². The minimum atomic E-state index is -0.0602. The molecule has 1 saturated heterocycles. The molecule has 2 aromatic carbocycles. The number of methoxy groups -OCH3 is 1. The first kappa shape index (κ1) is 19.2. The lowest BCUT2D eigenvalue weighted by atomic mass is 10.2. The number of carbonyl (C=O) groups excluding carboxylic acids is 1. The van der Waals surface area contributed by atoms with Crippen LogP contribution in [0.1, 0.15) is 0 Å². The van der Waals surface area contributed by atoms with E-state index in [-0.39, 0.29) is 6.03 Å². The molecule has 27 heavy (non-hydrogen) atoms. The first-order chi connectivity index (χ1) is 13.2. The highest BCUT2D eigenvalue weighted by Crippen LogP contribution is 2.21. The lowest BCUT2D eigenvalue weighted by Crippen LogP contribution is -2.52. The summed E-state index contributed by atoms with van der Waals surface area (Å²) >= 11 is 6.06. The van der Waals surface area contributed by atoms with Crippen LogP contribution in [0, 0.1) is 0 Å². The quantitative estimate of drug-likeness (QED) is 0.770. The molecule has 0 bridgehead atoms. The highest BCUT2D eigenvalue weighted by molar-refractivity contribution is 6.30. The molecule has 144 valence electrons. The zero-order chi connectivity index (χ0) is 19.1. The summed E-state index contributed by atoms with van der Waals surface area (Å²) in [7, 11) is 1.62. The molecular weight excluding hydrogens is 366 g/mol. The Morgan fingerprint density at radius 3 is 2.56 bits per heavy atom. The third-order valence-electron chi connectivity index (χ3n) is 4.43. The van der Waals surface area contributed by atoms with Crippen molar-refractivity contribution in [3.8, 4) is 11.5 Å². The largest absolute Gasteiger partial charge is 0.497 e. The van der Waals surface area contributed by atoms with Crippen LogP contribution in [0.25, 0.3) is 0 Å². The van der Waals surface area contributed by atoms with E-state index in [0.717, 1.165) is 35.3 Å². The number of halogens is 1. The smallest absolute Gasteiger partial charge is 0.317 e. The van der Waals surface area contributed by atoms with Crippen LogP contribution in [-0.4, -0.2) is 57.4 Å². The number of anilines is 1. The van der Waals surface area contributed by atoms with Crippen molar-refractivity contribution in [3.05, 3.63) is 53.6 Å². The highest BCUT2D eigenvalue weighted by Gasteiger charge is 2.21. The number of urea groups is 1. The fraction of sp³-hybridized carbons (Fsp3) is 0.350. The first-order valence-corrected chi connectivity index (χ1v) is 9.33. The van der Waals surface area contributed by atoms with Crippen molar-refractivity contribution in [2.24, 2.45) is 0 Å². The summed E-state index contributed by atoms with van der Waals surface area (Å²) in [5.41, 5.74) is 1.09. The van der Waals surface area contributed by atoms with Crippen molar-refractivity contribution in [2.75, 3.05) is 51.3 Å². The molecule has 0 radical (unpaired) electrons. The SMILES string of the molecule is COc1cccc(OCCNC(=O)N2CCN(c3cccc(Cl)c3)CC2)c1. The number of carbonyl (C=O) groups is 1. The van der Waals surface area contributed by atoms with Gasteiger partial charge in [0.15, 0.2) is 0 Å². The number of hydrogen-bond donors (Lipinski definition) is 1. The molecule has 7 heteroatoms. The van der Waals surface area contributed by atoms with E-state index in [4.69, 9.17) is 21.1 Å². The third kappa shape index (κ3) is 5.44. The van der Waals surface area contributed by atoms with Gasteiger partial charge in [0.1, 0.15) is 18.1 Å². The molecule has 0 spiro atoms. The van der Waals surface area contributed by atoms with Gasteiger partial charge in [-0.05, 0) is 30.3 Å². The van der Waals surface area contributed by atoms with Gasteiger partial charge in [0.05, 0.1) is 13.7 Å². The van der Waals surface area contributed by atoms with Crippen LogP contribution < -0.4 is 19.7 Å². The zero-order valence-corrected chi connectivity index (χ0v) is 16.1. The van der Waals surface area contributed by atoms with Crippen molar-refractivity contribution in [2.45, 2.75) is 0 Å². The lowest BCUT2D eigenvalue weighted by Gasteiger charge is -2.36. The van der Waals surface area contributed by atoms with E-state index < -0.39 is 0 Å². The first-order valence-electron chi connectivity index (χ1n) is 8.96. The Kier molecular flexibility index (Phi) is 6.65. The van der Waals surface area contributed by atoms with Crippen molar-refractivity contribution in [3.63, 3.8) is 0 Å². The summed E-state index contributed by atoms with van der Waals surface area (Å²) in [6.45, 7) is 3.78. The lowest BCUT2D eigenvalue weighted by molar-refractivity contribution is 0.191. The summed E-state index contributed by atoms with van der Waals surface area (Å²) in [6, 6.07) is 15.1. The van der Waals surface area contributed by atoms with Crippen molar-refractivity contribution < 1.29 is 14.3 Å². The standard InChI is InChI=1S/C20H24ClN3O3/c1-26-18-6-3-7-19(15-18)27-13-8-22-20(25)24-11-9-23(10-12-24)17-5-2-4-16(21)14-17/h2-7,14-15H,8-13H2,1H3,(H,22,25). The van der Waals surface area contributed by atoms with Gasteiger partial charge in [0.2, 0.25) is 0 Å². The van der Waals surface area contributed by atoms with E-state index in [0.29, 0.717) is 26.2 Å². The molecule has 6 nitrogen and oxygen atoms in total. The molecule has 0 saturated carbocycles. The van der Waals surface area contributed by atoms with Crippen LogP contribution in [0.4, 0.5) is 10.5 Å². The van der Waals surface area contributed by atoms with Gasteiger partial charge in [-0.3, -0.25) is 0 Å². The summed E-state index contributed by atoms with van der Waals surface area (Å²) in [6.07, 6.45) is 0. The molecule has 2 aromatic rings. The molecule has 0 aromatic heterocycles. The molecule has 1 fully saturated rings. The normalized spacial score (nSPS) is 14.0. The van der Waals surface area contributed by atoms with Crippen molar-refractivity contribution in [1.82, 2.24) is 10.2 Å². The Labute approximate surface area is 164 Å². The summed E-state index contributed by atoms with van der Waals surface area (Å²) in [5.74, 6) is 1.47. The van der Waals surface area contributed by atoms with Gasteiger partial charge in [0, 0.05) is 43.0 Å². The second-order valence-corrected chi connectivity index (χ2v) is 6.65. The molecule has 2 amide bonds. The number of benzene rings is 2. The second-order valence-electron chi connectivity index (χ2n) is 6.21. The van der Waals surface area contributed by atoms with Crippen LogP contribution in [0.2, 0.25) is 5.02 Å². The maximum atomic E-state index is 12.3. The van der Waals surface area contributed by atoms with Crippen LogP contribution in [-0.2, 0) is 0 Å². The maximum absolute atomic E-state index is 12.3. The number of hydrogen-bond acceptors (Lipinski definition) is 4. The van der Waals surface area contributed by atoms with Gasteiger partial charge in [-0.25, -0.2) is 4.79 Å². The Hall–Kier alpha value is -2.60. The molecule has 0 atom stereocenters. The molecule has 0 unspecified atom stereocenters. The van der Waals surface area contributed by atoms with Crippen LogP contribution in [0.15, 0.2) is 48.5 Å². The highest BCUT2D eigenvalue weighted by atomic mass is 35.5. The molecule has 0 aliphatic carbocycles. The predicted octanol–water partition coefficient (Wildman–Crippen LogP) is 3.26. The van der Waals surface area contributed by atoms with E-state index in [2.05, 4.69) is 10.2 Å². The number of ether oxygens (including phenoxy) is 2. The Morgan fingerprint density at radius 2 is 1.81 bits per heavy atom. The average molecular weight is 390 g/mol. The van der Waals surface area contributed by atoms with Gasteiger partial charge in [-0.2, -0.15) is 0 Å². The monoisotopic (exact) mass is 389 g/mol. The average Bonchev–Trinajstić information content (AvgIpc) is 2.71. The number of rotatable bonds is 6. The summed E-state index contributed by atoms with van der Waals surface area (Å²) in [5, 5.41) is 3.63. The Morgan fingerprint density at radius 1 is 1.07 bits per heavy atom. The number of piperazine rings is 1. The molecule has 1 aliphatic rings. The fourth-order valence-corrected chi connectivity index (χ4v) is 3.15. The minimum Gasteiger partial charge on any atom is -0.497 e. The Balaban J connectivity index is 1.38. The predicted molar refractivity (Wildman–Crippen MR) is 107 cm³/mol. The molecule has 3 rings (SSSR count). The number of nitrogens with one attached hydrogen (secondary N) is 1. The molecular formula is C20H24ClN3O3. The number of amides is 2. The maximum Gasteiger partial charge on any atom is 0.317 e. The summed E-state index contributed by atoms with van der Waals surface area (Å²) < 4.78 is 10.8. The van der Waals surface area contributed by atoms with Crippen molar-refractivity contribution in [1.29, 1.82) is 0 Å². The number of nitrogens with zero attached hydrogens (tertiary/aromatic N) is 2. The van der Waals surface area contributed by atoms with Gasteiger partial charge in [0.25, 0.3) is 0 Å². The third-order valence-corrected chi connectivity index (χ3v) is 4.66. The van der Waals surface area contributed by atoms with E-state index >= 15 is 0 Å². The second kappa shape index (κ2) is 9.37. The van der Waals surface area contributed by atoms with Crippen LogP contribution in [0.3, 0.4) is 0 Å². The van der Waals surface area contributed by atoms with Crippen molar-refractivity contribution >= 4 is 23.3 Å². The topological polar surface area (TPSA) is 54.0 Å². The van der Waals surface area contributed by atoms with Crippen LogP contribution >= 0.6 is 11.6 Å². The van der Waals surface area contributed by atoms with E-state index in [1.807, 2.05) is 53.4 Å². The molecule has 1 aliphatic heterocycles. The van der Waals surface area contributed by atoms with Gasteiger partial charge < -0.3 is 24.6 Å². The van der Waals surface area contributed by atoms with Gasteiger partial charge in [-0.1, -0.05) is 23.7 Å². The van der Waals surface area contributed by atoms with Gasteiger partial charge >= 0.3 is 6.03 Å². The fourth-order valence-electron chi connectivity index (χ4n) is 2.97. The zero-order valence-electron chi connectivity index (χ0n) is 15.4. The van der Waals surface area contributed by atoms with Gasteiger partial charge in [-0.15, -0.1) is 0 Å². The minimum absolute atomic E-state index is 0.0602. The summed E-state index contributed by atoms with van der Waals surface area (Å²) in [4.78, 5) is 16.4. The molecule has 1 N–H and O–H groups in total. The Bertz CT molecular complexity index is 764. The van der Waals surface area contributed by atoms with Crippen LogP contribution in [0.5, 0.6) is 11.5 Å². The van der Waals surface area contributed by atoms with E-state index in [1.165, 1.54) is 0 Å². The molecule has 1 heterocycles. The van der Waals surface area contributed by atoms with E-state index in [9.17, 15) is 4.79 Å².